The minimum absolute atomic E-state index is 0.146. The highest BCUT2D eigenvalue weighted by Gasteiger charge is 2.30. The second-order valence-corrected chi connectivity index (χ2v) is 7.58. The molecule has 0 saturated carbocycles. The average molecular weight is 373 g/mol. The average Bonchev–Trinajstić information content (AvgIpc) is 3.40. The highest BCUT2D eigenvalue weighted by Crippen LogP contribution is 2.44. The van der Waals surface area contributed by atoms with Crippen molar-refractivity contribution in [1.82, 2.24) is 9.13 Å². The second-order valence-electron chi connectivity index (χ2n) is 7.58. The van der Waals surface area contributed by atoms with Gasteiger partial charge < -0.3 is 9.13 Å². The Morgan fingerprint density at radius 1 is 0.828 bits per heavy atom. The molecule has 136 valence electrons. The second kappa shape index (κ2) is 5.11. The molecule has 29 heavy (non-hydrogen) atoms. The van der Waals surface area contributed by atoms with Gasteiger partial charge in [0, 0.05) is 51.6 Å². The molecule has 0 N–H and O–H groups in total. The summed E-state index contributed by atoms with van der Waals surface area (Å²) in [6.07, 6.45) is 10.2. The third kappa shape index (κ3) is 1.70. The molecule has 0 bridgehead atoms. The lowest BCUT2D eigenvalue weighted by Gasteiger charge is -2.09. The number of aromatic nitrogens is 2. The first-order valence-corrected chi connectivity index (χ1v) is 9.76. The number of fused-ring (bicyclic) bond motifs is 9. The van der Waals surface area contributed by atoms with Crippen molar-refractivity contribution in [1.29, 1.82) is 0 Å². The number of amides is 1. The molecule has 2 aliphatic rings. The van der Waals surface area contributed by atoms with Crippen LogP contribution in [0.25, 0.3) is 49.8 Å². The monoisotopic (exact) mass is 373 g/mol. The Labute approximate surface area is 165 Å². The summed E-state index contributed by atoms with van der Waals surface area (Å²) >= 11 is 0. The van der Waals surface area contributed by atoms with E-state index in [-0.39, 0.29) is 5.91 Å². The fourth-order valence-corrected chi connectivity index (χ4v) is 5.10. The van der Waals surface area contributed by atoms with E-state index < -0.39 is 0 Å². The van der Waals surface area contributed by atoms with Crippen LogP contribution in [0.4, 0.5) is 0 Å². The predicted octanol–water partition coefficient (Wildman–Crippen LogP) is 5.52. The quantitative estimate of drug-likeness (QED) is 0.352. The lowest BCUT2D eigenvalue weighted by molar-refractivity contribution is 0.101. The Morgan fingerprint density at radius 3 is 2.45 bits per heavy atom. The van der Waals surface area contributed by atoms with Gasteiger partial charge in [0.15, 0.2) is 0 Å². The zero-order valence-corrected chi connectivity index (χ0v) is 15.5. The molecule has 1 amide bonds. The number of nitrogens with zero attached hydrogens (tertiary/aromatic N) is 3. The number of rotatable bonds is 0. The first-order chi connectivity index (χ1) is 14.3. The van der Waals surface area contributed by atoms with Crippen LogP contribution in [0.5, 0.6) is 0 Å². The van der Waals surface area contributed by atoms with Gasteiger partial charge in [-0.15, -0.1) is 0 Å². The van der Waals surface area contributed by atoms with E-state index in [0.717, 1.165) is 61.3 Å². The number of hydrogen-bond acceptors (Lipinski definition) is 1. The molecule has 2 aliphatic heterocycles. The van der Waals surface area contributed by atoms with Gasteiger partial charge in [0.2, 0.25) is 0 Å². The lowest BCUT2D eigenvalue weighted by atomic mass is 9.97. The van der Waals surface area contributed by atoms with Gasteiger partial charge in [0.25, 0.3) is 5.91 Å². The summed E-state index contributed by atoms with van der Waals surface area (Å²) < 4.78 is 4.59. The van der Waals surface area contributed by atoms with Crippen molar-refractivity contribution in [2.24, 2.45) is 4.99 Å². The largest absolute Gasteiger partial charge is 0.335 e. The zero-order chi connectivity index (χ0) is 19.1. The van der Waals surface area contributed by atoms with E-state index in [4.69, 9.17) is 0 Å². The highest BCUT2D eigenvalue weighted by molar-refractivity contribution is 6.36. The fourth-order valence-electron chi connectivity index (χ4n) is 5.10. The van der Waals surface area contributed by atoms with Gasteiger partial charge in [-0.25, -0.2) is 4.99 Å². The first kappa shape index (κ1) is 15.1. The predicted molar refractivity (Wildman–Crippen MR) is 119 cm³/mol. The summed E-state index contributed by atoms with van der Waals surface area (Å²) in [6, 6.07) is 16.8. The molecule has 0 atom stereocenters. The molecule has 0 spiro atoms. The van der Waals surface area contributed by atoms with Crippen LogP contribution in [0.15, 0.2) is 71.8 Å². The summed E-state index contributed by atoms with van der Waals surface area (Å²) in [6.45, 7) is 0.749. The molecule has 4 nitrogen and oxygen atoms in total. The Hall–Kier alpha value is -3.92. The van der Waals surface area contributed by atoms with Crippen molar-refractivity contribution >= 4 is 61.9 Å². The summed E-state index contributed by atoms with van der Waals surface area (Å²) in [4.78, 5) is 17.1. The summed E-state index contributed by atoms with van der Waals surface area (Å²) in [5.74, 6) is -0.146. The minimum Gasteiger partial charge on any atom is -0.335 e. The maximum atomic E-state index is 12.9. The smallest absolute Gasteiger partial charge is 0.278 e. The third-order valence-corrected chi connectivity index (χ3v) is 6.19. The zero-order valence-electron chi connectivity index (χ0n) is 15.5. The number of carbonyl (C=O) groups is 1. The third-order valence-electron chi connectivity index (χ3n) is 6.19. The molecule has 0 saturated heterocycles. The number of benzene rings is 3. The summed E-state index contributed by atoms with van der Waals surface area (Å²) in [7, 11) is 0. The van der Waals surface area contributed by atoms with E-state index in [2.05, 4.69) is 81.0 Å². The van der Waals surface area contributed by atoms with Gasteiger partial charge in [-0.3, -0.25) is 4.79 Å². The summed E-state index contributed by atoms with van der Waals surface area (Å²) in [5.41, 5.74) is 6.19. The highest BCUT2D eigenvalue weighted by atomic mass is 16.1. The van der Waals surface area contributed by atoms with Gasteiger partial charge in [-0.1, -0.05) is 48.6 Å². The van der Waals surface area contributed by atoms with Crippen LogP contribution in [0.2, 0.25) is 0 Å². The first-order valence-electron chi connectivity index (χ1n) is 9.76. The van der Waals surface area contributed by atoms with Gasteiger partial charge >= 0.3 is 0 Å². The molecule has 5 aromatic rings. The Morgan fingerprint density at radius 2 is 1.59 bits per heavy atom. The normalized spacial score (nSPS) is 15.1. The topological polar surface area (TPSA) is 39.3 Å². The van der Waals surface area contributed by atoms with E-state index in [0.29, 0.717) is 0 Å². The standard InChI is InChI=1S/C25H15N3O/c29-25-22-17(14-26-25)20-15-8-2-4-10-18(15)27-12-6-1-7-13-28-19-11-5-3-9-16(19)21(22)24(28)23(20)27/h1-12,14H,13H2. The Kier molecular flexibility index (Phi) is 2.66. The molecule has 7 rings (SSSR count). The molecule has 0 aliphatic carbocycles. The van der Waals surface area contributed by atoms with Crippen LogP contribution < -0.4 is 0 Å². The number of para-hydroxylation sites is 2. The molecule has 0 unspecified atom stereocenters. The van der Waals surface area contributed by atoms with Crippen molar-refractivity contribution in [3.63, 3.8) is 0 Å². The van der Waals surface area contributed by atoms with Gasteiger partial charge in [0.05, 0.1) is 22.1 Å². The number of carbonyl (C=O) groups excluding carboxylic acids is 1. The van der Waals surface area contributed by atoms with Crippen molar-refractivity contribution in [2.75, 3.05) is 0 Å². The van der Waals surface area contributed by atoms with Crippen LogP contribution in [-0.2, 0) is 6.54 Å². The maximum absolute atomic E-state index is 12.9. The van der Waals surface area contributed by atoms with Crippen LogP contribution >= 0.6 is 0 Å². The number of hydrogen-bond donors (Lipinski definition) is 0. The van der Waals surface area contributed by atoms with E-state index in [1.54, 1.807) is 6.21 Å². The van der Waals surface area contributed by atoms with E-state index in [9.17, 15) is 4.79 Å². The molecule has 4 heterocycles. The van der Waals surface area contributed by atoms with E-state index in [1.807, 2.05) is 6.07 Å². The Bertz CT molecular complexity index is 1640. The van der Waals surface area contributed by atoms with E-state index in [1.165, 1.54) is 0 Å². The molecule has 0 radical (unpaired) electrons. The summed E-state index contributed by atoms with van der Waals surface area (Å²) in [5, 5.41) is 4.37. The van der Waals surface area contributed by atoms with Crippen LogP contribution in [0, 0.1) is 0 Å². The number of aliphatic imine (C=N–C) groups is 1. The molecule has 2 aromatic heterocycles. The van der Waals surface area contributed by atoms with Gasteiger partial charge in [-0.2, -0.15) is 0 Å². The molecular formula is C25H15N3O. The van der Waals surface area contributed by atoms with Crippen LogP contribution in [-0.4, -0.2) is 21.3 Å². The maximum Gasteiger partial charge on any atom is 0.278 e. The molecule has 4 heteroatoms. The molecule has 0 fully saturated rings. The minimum atomic E-state index is -0.146. The molecular weight excluding hydrogens is 358 g/mol. The van der Waals surface area contributed by atoms with Crippen molar-refractivity contribution in [3.05, 3.63) is 77.9 Å². The lowest BCUT2D eigenvalue weighted by Crippen LogP contribution is -2.00. The van der Waals surface area contributed by atoms with Crippen molar-refractivity contribution in [3.8, 4) is 0 Å². The van der Waals surface area contributed by atoms with Gasteiger partial charge in [-0.05, 0) is 18.2 Å². The van der Waals surface area contributed by atoms with Gasteiger partial charge in [0.1, 0.15) is 0 Å². The Balaban J connectivity index is 1.94. The van der Waals surface area contributed by atoms with Crippen molar-refractivity contribution < 1.29 is 4.79 Å². The number of allylic oxidation sites excluding steroid dienone is 3. The SMILES string of the molecule is O=C1N=Cc2c1c1c3ccccc3n3c1c1c2c2ccccc2n1C=CC=CC3. The fraction of sp³-hybridized carbons (Fsp3) is 0.0400. The van der Waals surface area contributed by atoms with E-state index >= 15 is 0 Å². The molecule has 3 aromatic carbocycles. The van der Waals surface area contributed by atoms with Crippen molar-refractivity contribution in [2.45, 2.75) is 6.54 Å². The van der Waals surface area contributed by atoms with Crippen LogP contribution in [0.1, 0.15) is 15.9 Å². The van der Waals surface area contributed by atoms with Crippen LogP contribution in [0.3, 0.4) is 0 Å².